The van der Waals surface area contributed by atoms with Gasteiger partial charge in [-0.2, -0.15) is 0 Å². The minimum Gasteiger partial charge on any atom is -0.450 e. The first kappa shape index (κ1) is 15.9. The van der Waals surface area contributed by atoms with Crippen LogP contribution in [0.1, 0.15) is 6.92 Å². The van der Waals surface area contributed by atoms with Crippen LogP contribution in [0.15, 0.2) is 24.3 Å². The van der Waals surface area contributed by atoms with E-state index in [-0.39, 0.29) is 6.09 Å². The lowest BCUT2D eigenvalue weighted by Crippen LogP contribution is -2.51. The van der Waals surface area contributed by atoms with Gasteiger partial charge in [0.2, 0.25) is 0 Å². The molecule has 1 aliphatic heterocycles. The van der Waals surface area contributed by atoms with Gasteiger partial charge in [-0.25, -0.2) is 4.79 Å². The molecule has 1 aromatic rings. The normalized spacial score (nSPS) is 14.8. The molecule has 0 aromatic heterocycles. The van der Waals surface area contributed by atoms with Crippen molar-refractivity contribution in [3.05, 3.63) is 29.3 Å². The highest BCUT2D eigenvalue weighted by atomic mass is 35.5. The number of hydrogen-bond donors (Lipinski definition) is 1. The highest BCUT2D eigenvalue weighted by Gasteiger charge is 2.23. The Morgan fingerprint density at radius 2 is 1.90 bits per heavy atom. The van der Waals surface area contributed by atoms with Crippen LogP contribution in [0.25, 0.3) is 0 Å². The minimum atomic E-state index is -0.262. The Hall–Kier alpha value is -1.53. The molecule has 1 saturated heterocycles. The van der Waals surface area contributed by atoms with E-state index in [1.807, 2.05) is 29.2 Å². The summed E-state index contributed by atoms with van der Waals surface area (Å²) < 4.78 is 4.99. The van der Waals surface area contributed by atoms with Crippen molar-refractivity contribution in [1.82, 2.24) is 9.80 Å². The fraction of sp³-hybridized carbons (Fsp3) is 0.429. The number of halogens is 1. The molecular weight excluding hydrogens is 310 g/mol. The number of para-hydroxylation sites is 1. The van der Waals surface area contributed by atoms with Crippen molar-refractivity contribution >= 4 is 40.7 Å². The highest BCUT2D eigenvalue weighted by molar-refractivity contribution is 7.80. The monoisotopic (exact) mass is 327 g/mol. The van der Waals surface area contributed by atoms with Crippen LogP contribution < -0.4 is 5.32 Å². The molecule has 1 aromatic carbocycles. The fourth-order valence-electron chi connectivity index (χ4n) is 2.06. The van der Waals surface area contributed by atoms with E-state index in [9.17, 15) is 4.79 Å². The zero-order chi connectivity index (χ0) is 15.2. The van der Waals surface area contributed by atoms with Crippen LogP contribution in [0.2, 0.25) is 5.02 Å². The van der Waals surface area contributed by atoms with Gasteiger partial charge in [-0.1, -0.05) is 23.7 Å². The average Bonchev–Trinajstić information content (AvgIpc) is 2.50. The van der Waals surface area contributed by atoms with Crippen LogP contribution >= 0.6 is 23.8 Å². The van der Waals surface area contributed by atoms with Gasteiger partial charge in [0.15, 0.2) is 5.11 Å². The smallest absolute Gasteiger partial charge is 0.409 e. The Labute approximate surface area is 134 Å². The molecule has 114 valence electrons. The number of nitrogens with one attached hydrogen (secondary N) is 1. The molecule has 5 nitrogen and oxygen atoms in total. The van der Waals surface area contributed by atoms with E-state index in [1.165, 1.54) is 0 Å². The third-order valence-corrected chi connectivity index (χ3v) is 3.90. The van der Waals surface area contributed by atoms with Gasteiger partial charge in [0.05, 0.1) is 17.3 Å². The molecule has 7 heteroatoms. The summed E-state index contributed by atoms with van der Waals surface area (Å²) in [7, 11) is 0. The van der Waals surface area contributed by atoms with E-state index in [1.54, 1.807) is 11.8 Å². The molecule has 1 amide bonds. The summed E-state index contributed by atoms with van der Waals surface area (Å²) in [4.78, 5) is 15.3. The lowest BCUT2D eigenvalue weighted by atomic mass is 10.3. The van der Waals surface area contributed by atoms with Gasteiger partial charge in [0.25, 0.3) is 0 Å². The molecule has 0 spiro atoms. The molecule has 21 heavy (non-hydrogen) atoms. The first-order valence-electron chi connectivity index (χ1n) is 6.84. The average molecular weight is 328 g/mol. The lowest BCUT2D eigenvalue weighted by molar-refractivity contribution is 0.0923. The van der Waals surface area contributed by atoms with Crippen LogP contribution in [0.4, 0.5) is 10.5 Å². The number of hydrogen-bond acceptors (Lipinski definition) is 3. The summed E-state index contributed by atoms with van der Waals surface area (Å²) in [5, 5.41) is 4.39. The van der Waals surface area contributed by atoms with Gasteiger partial charge in [-0.3, -0.25) is 0 Å². The molecule has 1 heterocycles. The quantitative estimate of drug-likeness (QED) is 0.846. The number of anilines is 1. The second-order valence-corrected chi connectivity index (χ2v) is 5.38. The predicted molar refractivity (Wildman–Crippen MR) is 87.8 cm³/mol. The van der Waals surface area contributed by atoms with Crippen molar-refractivity contribution in [1.29, 1.82) is 0 Å². The lowest BCUT2D eigenvalue weighted by Gasteiger charge is -2.35. The highest BCUT2D eigenvalue weighted by Crippen LogP contribution is 2.21. The Balaban J connectivity index is 1.86. The van der Waals surface area contributed by atoms with E-state index >= 15 is 0 Å². The summed E-state index contributed by atoms with van der Waals surface area (Å²) in [6.45, 7) is 4.75. The van der Waals surface area contributed by atoms with Crippen molar-refractivity contribution in [2.45, 2.75) is 6.92 Å². The summed E-state index contributed by atoms with van der Waals surface area (Å²) in [6, 6.07) is 7.46. The zero-order valence-electron chi connectivity index (χ0n) is 11.8. The number of ether oxygens (including phenoxy) is 1. The summed E-state index contributed by atoms with van der Waals surface area (Å²) in [6.07, 6.45) is -0.262. The molecule has 1 aliphatic rings. The van der Waals surface area contributed by atoms with Crippen molar-refractivity contribution in [3.8, 4) is 0 Å². The van der Waals surface area contributed by atoms with E-state index in [0.717, 1.165) is 5.69 Å². The Bertz CT molecular complexity index is 519. The largest absolute Gasteiger partial charge is 0.450 e. The molecular formula is C14H18ClN3O2S. The molecule has 2 rings (SSSR count). The zero-order valence-corrected chi connectivity index (χ0v) is 13.4. The Morgan fingerprint density at radius 1 is 1.29 bits per heavy atom. The summed E-state index contributed by atoms with van der Waals surface area (Å²) in [5.41, 5.74) is 0.789. The van der Waals surface area contributed by atoms with Gasteiger partial charge in [-0.05, 0) is 31.3 Å². The molecule has 0 unspecified atom stereocenters. The van der Waals surface area contributed by atoms with E-state index in [4.69, 9.17) is 28.6 Å². The molecule has 0 atom stereocenters. The van der Waals surface area contributed by atoms with Gasteiger partial charge < -0.3 is 19.9 Å². The van der Waals surface area contributed by atoms with Gasteiger partial charge in [0, 0.05) is 26.2 Å². The SMILES string of the molecule is CCOC(=O)N1CCN(C(=S)Nc2ccccc2Cl)CC1. The van der Waals surface area contributed by atoms with Crippen LogP contribution in [-0.4, -0.2) is 53.8 Å². The maximum Gasteiger partial charge on any atom is 0.409 e. The number of thiocarbonyl (C=S) groups is 1. The van der Waals surface area contributed by atoms with E-state index in [2.05, 4.69) is 5.32 Å². The number of nitrogens with zero attached hydrogens (tertiary/aromatic N) is 2. The Morgan fingerprint density at radius 3 is 2.52 bits per heavy atom. The Kier molecular flexibility index (Phi) is 5.64. The van der Waals surface area contributed by atoms with E-state index in [0.29, 0.717) is 42.9 Å². The van der Waals surface area contributed by atoms with E-state index < -0.39 is 0 Å². The second kappa shape index (κ2) is 7.47. The van der Waals surface area contributed by atoms with Crippen LogP contribution in [0.5, 0.6) is 0 Å². The van der Waals surface area contributed by atoms with Crippen LogP contribution in [-0.2, 0) is 4.74 Å². The third kappa shape index (κ3) is 4.22. The third-order valence-electron chi connectivity index (χ3n) is 3.21. The molecule has 0 aliphatic carbocycles. The summed E-state index contributed by atoms with van der Waals surface area (Å²) in [5.74, 6) is 0. The predicted octanol–water partition coefficient (Wildman–Crippen LogP) is 2.81. The fourth-order valence-corrected chi connectivity index (χ4v) is 2.54. The summed E-state index contributed by atoms with van der Waals surface area (Å²) >= 11 is 11.5. The van der Waals surface area contributed by atoms with Crippen molar-refractivity contribution < 1.29 is 9.53 Å². The van der Waals surface area contributed by atoms with Gasteiger partial charge in [0.1, 0.15) is 0 Å². The first-order valence-corrected chi connectivity index (χ1v) is 7.62. The molecule has 1 fully saturated rings. The van der Waals surface area contributed by atoms with Crippen LogP contribution in [0, 0.1) is 0 Å². The number of amides is 1. The number of carbonyl (C=O) groups is 1. The minimum absolute atomic E-state index is 0.262. The number of piperazine rings is 1. The van der Waals surface area contributed by atoms with Crippen LogP contribution in [0.3, 0.4) is 0 Å². The maximum absolute atomic E-state index is 11.6. The molecule has 1 N–H and O–H groups in total. The van der Waals surface area contributed by atoms with Crippen molar-refractivity contribution in [2.24, 2.45) is 0 Å². The van der Waals surface area contributed by atoms with Crippen molar-refractivity contribution in [3.63, 3.8) is 0 Å². The number of benzene rings is 1. The molecule has 0 bridgehead atoms. The number of carbonyl (C=O) groups excluding carboxylic acids is 1. The maximum atomic E-state index is 11.6. The molecule has 0 radical (unpaired) electrons. The van der Waals surface area contributed by atoms with Gasteiger partial charge >= 0.3 is 6.09 Å². The number of rotatable bonds is 2. The molecule has 0 saturated carbocycles. The first-order chi connectivity index (χ1) is 10.1. The van der Waals surface area contributed by atoms with Crippen molar-refractivity contribution in [2.75, 3.05) is 38.1 Å². The standard InChI is InChI=1S/C14H18ClN3O2S/c1-2-20-14(19)18-9-7-17(8-10-18)13(21)16-12-6-4-3-5-11(12)15/h3-6H,2,7-10H2,1H3,(H,16,21). The topological polar surface area (TPSA) is 44.8 Å². The second-order valence-electron chi connectivity index (χ2n) is 4.58. The van der Waals surface area contributed by atoms with Gasteiger partial charge in [-0.15, -0.1) is 0 Å².